The van der Waals surface area contributed by atoms with Gasteiger partial charge in [0.15, 0.2) is 0 Å². The van der Waals surface area contributed by atoms with Crippen LogP contribution in [-0.2, 0) is 0 Å². The molecule has 3 aromatic rings. The molecule has 1 amide bonds. The topological polar surface area (TPSA) is 61.4 Å². The van der Waals surface area contributed by atoms with Crippen molar-refractivity contribution in [3.8, 4) is 0 Å². The molecule has 1 aliphatic rings. The summed E-state index contributed by atoms with van der Waals surface area (Å²) in [5.74, 6) is 0.0279. The fourth-order valence-electron chi connectivity index (χ4n) is 3.16. The molecule has 2 aromatic carbocycles. The molecular weight excluding hydrogens is 357 g/mol. The highest BCUT2D eigenvalue weighted by molar-refractivity contribution is 6.02. The van der Waals surface area contributed by atoms with Gasteiger partial charge in [-0.05, 0) is 36.4 Å². The van der Waals surface area contributed by atoms with Gasteiger partial charge in [-0.3, -0.25) is 4.79 Å². The van der Waals surface area contributed by atoms with E-state index in [9.17, 15) is 9.18 Å². The fourth-order valence-corrected chi connectivity index (χ4v) is 3.16. The van der Waals surface area contributed by atoms with E-state index in [0.29, 0.717) is 5.69 Å². The molecule has 1 aliphatic heterocycles. The van der Waals surface area contributed by atoms with E-state index in [1.165, 1.54) is 36.1 Å². The Morgan fingerprint density at radius 3 is 2.18 bits per heavy atom. The zero-order valence-electron chi connectivity index (χ0n) is 15.3. The Balaban J connectivity index is 1.36. The largest absolute Gasteiger partial charge is 0.368 e. The molecule has 1 fully saturated rings. The van der Waals surface area contributed by atoms with Crippen molar-refractivity contribution in [1.29, 1.82) is 0 Å². The molecule has 1 aromatic heterocycles. The van der Waals surface area contributed by atoms with Crippen LogP contribution in [0.1, 0.15) is 10.5 Å². The van der Waals surface area contributed by atoms with E-state index in [1.54, 1.807) is 6.20 Å². The van der Waals surface area contributed by atoms with Gasteiger partial charge in [0.2, 0.25) is 0 Å². The minimum absolute atomic E-state index is 0.219. The zero-order chi connectivity index (χ0) is 19.3. The van der Waals surface area contributed by atoms with Gasteiger partial charge in [-0.25, -0.2) is 14.4 Å². The van der Waals surface area contributed by atoms with E-state index in [4.69, 9.17) is 0 Å². The van der Waals surface area contributed by atoms with Gasteiger partial charge in [0.1, 0.15) is 17.3 Å². The van der Waals surface area contributed by atoms with Gasteiger partial charge in [-0.1, -0.05) is 18.2 Å². The summed E-state index contributed by atoms with van der Waals surface area (Å²) in [6.07, 6.45) is 3.09. The summed E-state index contributed by atoms with van der Waals surface area (Å²) < 4.78 is 12.9. The third-order valence-corrected chi connectivity index (χ3v) is 4.70. The van der Waals surface area contributed by atoms with Crippen LogP contribution in [0.3, 0.4) is 0 Å². The van der Waals surface area contributed by atoms with Gasteiger partial charge in [0.25, 0.3) is 5.91 Å². The van der Waals surface area contributed by atoms with Crippen LogP contribution >= 0.6 is 0 Å². The van der Waals surface area contributed by atoms with Crippen LogP contribution in [0.5, 0.6) is 0 Å². The Morgan fingerprint density at radius 2 is 1.54 bits per heavy atom. The summed E-state index contributed by atoms with van der Waals surface area (Å²) in [5.41, 5.74) is 1.95. The molecule has 0 bridgehead atoms. The highest BCUT2D eigenvalue weighted by Crippen LogP contribution is 2.18. The minimum Gasteiger partial charge on any atom is -0.368 e. The predicted octanol–water partition coefficient (Wildman–Crippen LogP) is 3.19. The second kappa shape index (κ2) is 8.04. The predicted molar refractivity (Wildman–Crippen MR) is 107 cm³/mol. The lowest BCUT2D eigenvalue weighted by Crippen LogP contribution is -2.46. The van der Waals surface area contributed by atoms with E-state index in [-0.39, 0.29) is 17.4 Å². The maximum absolute atomic E-state index is 12.9. The zero-order valence-corrected chi connectivity index (χ0v) is 15.3. The van der Waals surface area contributed by atoms with E-state index in [1.807, 2.05) is 18.2 Å². The van der Waals surface area contributed by atoms with E-state index >= 15 is 0 Å². The summed E-state index contributed by atoms with van der Waals surface area (Å²) in [6, 6.07) is 15.9. The lowest BCUT2D eigenvalue weighted by molar-refractivity contribution is 0.102. The summed E-state index contributed by atoms with van der Waals surface area (Å²) in [7, 11) is 0. The van der Waals surface area contributed by atoms with Gasteiger partial charge in [0, 0.05) is 37.6 Å². The van der Waals surface area contributed by atoms with Crippen LogP contribution < -0.4 is 15.1 Å². The van der Waals surface area contributed by atoms with Gasteiger partial charge in [-0.2, -0.15) is 0 Å². The first-order valence-corrected chi connectivity index (χ1v) is 9.13. The number of para-hydroxylation sites is 1. The number of carbonyl (C=O) groups excluding carboxylic acids is 1. The second-order valence-corrected chi connectivity index (χ2v) is 6.53. The summed E-state index contributed by atoms with van der Waals surface area (Å²) in [6.45, 7) is 3.48. The lowest BCUT2D eigenvalue weighted by atomic mass is 10.2. The van der Waals surface area contributed by atoms with E-state index in [0.717, 1.165) is 32.0 Å². The van der Waals surface area contributed by atoms with Crippen molar-refractivity contribution in [1.82, 2.24) is 9.97 Å². The molecule has 1 saturated heterocycles. The second-order valence-electron chi connectivity index (χ2n) is 6.53. The van der Waals surface area contributed by atoms with Crippen LogP contribution in [0, 0.1) is 5.82 Å². The first-order valence-electron chi connectivity index (χ1n) is 9.13. The number of amides is 1. The van der Waals surface area contributed by atoms with Crippen LogP contribution in [0.2, 0.25) is 0 Å². The molecule has 0 radical (unpaired) electrons. The van der Waals surface area contributed by atoms with Gasteiger partial charge in [0.05, 0.1) is 12.4 Å². The van der Waals surface area contributed by atoms with E-state index < -0.39 is 0 Å². The minimum atomic E-state index is -0.375. The van der Waals surface area contributed by atoms with Crippen molar-refractivity contribution >= 4 is 23.1 Å². The summed E-state index contributed by atoms with van der Waals surface area (Å²) in [4.78, 5) is 25.4. The van der Waals surface area contributed by atoms with Crippen molar-refractivity contribution in [3.05, 3.63) is 78.5 Å². The highest BCUT2D eigenvalue weighted by Gasteiger charge is 2.19. The number of hydrogen-bond donors (Lipinski definition) is 1. The first kappa shape index (κ1) is 17.9. The third-order valence-electron chi connectivity index (χ3n) is 4.70. The average molecular weight is 377 g/mol. The monoisotopic (exact) mass is 377 g/mol. The number of rotatable bonds is 4. The number of carbonyl (C=O) groups is 1. The number of piperazine rings is 1. The van der Waals surface area contributed by atoms with Gasteiger partial charge in [-0.15, -0.1) is 0 Å². The molecule has 0 atom stereocenters. The number of anilines is 3. The van der Waals surface area contributed by atoms with Crippen LogP contribution in [0.4, 0.5) is 21.6 Å². The highest BCUT2D eigenvalue weighted by atomic mass is 19.1. The van der Waals surface area contributed by atoms with Crippen molar-refractivity contribution in [2.24, 2.45) is 0 Å². The van der Waals surface area contributed by atoms with Crippen LogP contribution in [0.25, 0.3) is 0 Å². The maximum Gasteiger partial charge on any atom is 0.275 e. The molecule has 28 heavy (non-hydrogen) atoms. The Morgan fingerprint density at radius 1 is 0.857 bits per heavy atom. The number of nitrogens with zero attached hydrogens (tertiary/aromatic N) is 4. The molecule has 2 heterocycles. The lowest BCUT2D eigenvalue weighted by Gasteiger charge is -2.36. The summed E-state index contributed by atoms with van der Waals surface area (Å²) >= 11 is 0. The van der Waals surface area contributed by atoms with Gasteiger partial charge >= 0.3 is 0 Å². The fraction of sp³-hybridized carbons (Fsp3) is 0.190. The Labute approximate surface area is 162 Å². The van der Waals surface area contributed by atoms with Crippen molar-refractivity contribution in [3.63, 3.8) is 0 Å². The number of aromatic nitrogens is 2. The molecule has 4 rings (SSSR count). The standard InChI is InChI=1S/C21H20FN5O/c22-16-6-8-17(9-7-16)25-21(28)19-14-24-20(15-23-19)27-12-10-26(11-13-27)18-4-2-1-3-5-18/h1-9,14-15H,10-13H2,(H,25,28). The summed E-state index contributed by atoms with van der Waals surface area (Å²) in [5, 5.41) is 2.68. The van der Waals surface area contributed by atoms with Crippen molar-refractivity contribution in [2.45, 2.75) is 0 Å². The average Bonchev–Trinajstić information content (AvgIpc) is 2.76. The molecule has 6 nitrogen and oxygen atoms in total. The molecule has 7 heteroatoms. The van der Waals surface area contributed by atoms with Crippen molar-refractivity contribution < 1.29 is 9.18 Å². The smallest absolute Gasteiger partial charge is 0.275 e. The van der Waals surface area contributed by atoms with Crippen LogP contribution in [0.15, 0.2) is 67.0 Å². The quantitative estimate of drug-likeness (QED) is 0.757. The van der Waals surface area contributed by atoms with Crippen LogP contribution in [-0.4, -0.2) is 42.1 Å². The molecule has 0 saturated carbocycles. The van der Waals surface area contributed by atoms with Crippen molar-refractivity contribution in [2.75, 3.05) is 41.3 Å². The Bertz CT molecular complexity index is 923. The first-order chi connectivity index (χ1) is 13.7. The molecule has 0 unspecified atom stereocenters. The Hall–Kier alpha value is -3.48. The molecule has 142 valence electrons. The Kier molecular flexibility index (Phi) is 5.14. The molecule has 1 N–H and O–H groups in total. The maximum atomic E-state index is 12.9. The number of benzene rings is 2. The van der Waals surface area contributed by atoms with E-state index in [2.05, 4.69) is 37.2 Å². The number of nitrogens with one attached hydrogen (secondary N) is 1. The normalized spacial score (nSPS) is 14.0. The van der Waals surface area contributed by atoms with Gasteiger partial charge < -0.3 is 15.1 Å². The molecule has 0 aliphatic carbocycles. The molecule has 0 spiro atoms. The molecular formula is C21H20FN5O. The third kappa shape index (κ3) is 4.09. The SMILES string of the molecule is O=C(Nc1ccc(F)cc1)c1cnc(N2CCN(c3ccccc3)CC2)cn1. The number of hydrogen-bond acceptors (Lipinski definition) is 5. The number of halogens is 1.